The van der Waals surface area contributed by atoms with Gasteiger partial charge in [0.15, 0.2) is 28.3 Å². The average molecular weight is 535 g/mol. The summed E-state index contributed by atoms with van der Waals surface area (Å²) in [6.07, 6.45) is -0.479. The van der Waals surface area contributed by atoms with E-state index < -0.39 is 35.3 Å². The lowest BCUT2D eigenvalue weighted by atomic mass is 9.80. The van der Waals surface area contributed by atoms with E-state index in [0.717, 1.165) is 27.9 Å². The number of fused-ring (bicyclic) bond motifs is 2. The van der Waals surface area contributed by atoms with E-state index in [1.165, 1.54) is 23.3 Å². The Labute approximate surface area is 217 Å². The first-order chi connectivity index (χ1) is 17.3. The van der Waals surface area contributed by atoms with E-state index in [4.69, 9.17) is 9.47 Å². The van der Waals surface area contributed by atoms with Crippen molar-refractivity contribution in [1.29, 1.82) is 0 Å². The number of aliphatic carboxylic acids is 1. The molecule has 1 aromatic heterocycles. The van der Waals surface area contributed by atoms with Crippen LogP contribution in [0.4, 0.5) is 13.9 Å². The molecular formula is C26H30F2N3O5S+. The summed E-state index contributed by atoms with van der Waals surface area (Å²) < 4.78 is 40.6. The molecule has 0 saturated carbocycles. The Morgan fingerprint density at radius 1 is 1.11 bits per heavy atom. The Morgan fingerprint density at radius 3 is 2.27 bits per heavy atom. The maximum atomic E-state index is 13.8. The van der Waals surface area contributed by atoms with Gasteiger partial charge in [-0.1, -0.05) is 11.3 Å². The number of carboxylic acids is 1. The molecule has 11 heteroatoms. The predicted octanol–water partition coefficient (Wildman–Crippen LogP) is 3.89. The van der Waals surface area contributed by atoms with Crippen molar-refractivity contribution in [3.05, 3.63) is 47.0 Å². The second kappa shape index (κ2) is 9.86. The standard InChI is InChI=1S/C26H29F2N3O5S/c1-30(24(34)26(14-23(32)33)12-15-8-17(27)18(28)9-16(15)13-26)25-29-19-10-21(36-7-6-31(2,3)4)20(35-5)11-22(19)37-25/h8-11H,6-7,12-14H2,1-5H3/p+1. The highest BCUT2D eigenvalue weighted by molar-refractivity contribution is 7.22. The number of likely N-dealkylation sites (N-methyl/N-ethyl adjacent to an activating group) is 1. The van der Waals surface area contributed by atoms with Gasteiger partial charge in [0.1, 0.15) is 13.2 Å². The fourth-order valence-corrected chi connectivity index (χ4v) is 5.54. The number of benzene rings is 2. The Bertz CT molecular complexity index is 1340. The van der Waals surface area contributed by atoms with E-state index in [-0.39, 0.29) is 12.8 Å². The zero-order valence-electron chi connectivity index (χ0n) is 21.4. The van der Waals surface area contributed by atoms with Crippen LogP contribution in [0.1, 0.15) is 17.5 Å². The molecule has 3 aromatic rings. The SMILES string of the molecule is COc1cc2sc(N(C)C(=O)C3(CC(=O)O)Cc4cc(F)c(F)cc4C3)nc2cc1OCC[N+](C)(C)C. The van der Waals surface area contributed by atoms with Crippen molar-refractivity contribution in [3.8, 4) is 11.5 Å². The molecule has 0 saturated heterocycles. The number of hydrogen-bond acceptors (Lipinski definition) is 6. The summed E-state index contributed by atoms with van der Waals surface area (Å²) in [6, 6.07) is 5.64. The van der Waals surface area contributed by atoms with Crippen LogP contribution in [0, 0.1) is 17.0 Å². The molecule has 0 atom stereocenters. The first kappa shape index (κ1) is 26.7. The minimum Gasteiger partial charge on any atom is -0.493 e. The molecule has 0 bridgehead atoms. The number of hydrogen-bond donors (Lipinski definition) is 1. The van der Waals surface area contributed by atoms with Gasteiger partial charge >= 0.3 is 5.97 Å². The zero-order valence-corrected chi connectivity index (χ0v) is 22.2. The second-order valence-corrected chi connectivity index (χ2v) is 11.4. The molecule has 2 aromatic carbocycles. The number of nitrogens with zero attached hydrogens (tertiary/aromatic N) is 3. The highest BCUT2D eigenvalue weighted by atomic mass is 32.1. The topological polar surface area (TPSA) is 89.0 Å². The van der Waals surface area contributed by atoms with Gasteiger partial charge < -0.3 is 19.1 Å². The van der Waals surface area contributed by atoms with Gasteiger partial charge in [-0.25, -0.2) is 13.8 Å². The van der Waals surface area contributed by atoms with Crippen LogP contribution in [0.3, 0.4) is 0 Å². The molecule has 4 rings (SSSR count). The lowest BCUT2D eigenvalue weighted by Gasteiger charge is -2.30. The molecule has 0 aliphatic heterocycles. The van der Waals surface area contributed by atoms with Gasteiger partial charge in [-0.3, -0.25) is 14.5 Å². The van der Waals surface area contributed by atoms with Crippen LogP contribution >= 0.6 is 11.3 Å². The van der Waals surface area contributed by atoms with Crippen LogP contribution in [0.2, 0.25) is 0 Å². The summed E-state index contributed by atoms with van der Waals surface area (Å²) in [4.78, 5) is 31.4. The lowest BCUT2D eigenvalue weighted by Crippen LogP contribution is -2.44. The van der Waals surface area contributed by atoms with Gasteiger partial charge in [-0.05, 0) is 36.1 Å². The fourth-order valence-electron chi connectivity index (χ4n) is 4.60. The summed E-state index contributed by atoms with van der Waals surface area (Å²) in [5.74, 6) is -2.62. The Kier molecular flexibility index (Phi) is 7.13. The lowest BCUT2D eigenvalue weighted by molar-refractivity contribution is -0.870. The number of quaternary nitrogens is 1. The minimum atomic E-state index is -1.38. The molecule has 0 radical (unpaired) electrons. The van der Waals surface area contributed by atoms with Crippen LogP contribution in [-0.4, -0.2) is 74.9 Å². The Hall–Kier alpha value is -3.31. The van der Waals surface area contributed by atoms with E-state index in [2.05, 4.69) is 26.1 Å². The third-order valence-electron chi connectivity index (χ3n) is 6.52. The number of ether oxygens (including phenoxy) is 2. The van der Waals surface area contributed by atoms with E-state index in [1.54, 1.807) is 19.2 Å². The van der Waals surface area contributed by atoms with Crippen molar-refractivity contribution in [2.45, 2.75) is 19.3 Å². The highest BCUT2D eigenvalue weighted by Crippen LogP contribution is 2.44. The largest absolute Gasteiger partial charge is 0.493 e. The molecule has 1 amide bonds. The van der Waals surface area contributed by atoms with Crippen LogP contribution in [0.25, 0.3) is 10.2 Å². The van der Waals surface area contributed by atoms with Crippen LogP contribution in [0.15, 0.2) is 24.3 Å². The second-order valence-electron chi connectivity index (χ2n) is 10.4. The summed E-state index contributed by atoms with van der Waals surface area (Å²) in [5.41, 5.74) is 0.100. The molecule has 1 heterocycles. The molecular weight excluding hydrogens is 504 g/mol. The van der Waals surface area contributed by atoms with Crippen molar-refractivity contribution in [2.75, 3.05) is 53.4 Å². The molecule has 1 N–H and O–H groups in total. The Morgan fingerprint density at radius 2 is 1.73 bits per heavy atom. The third kappa shape index (κ3) is 5.52. The zero-order chi connectivity index (χ0) is 27.1. The number of anilines is 1. The van der Waals surface area contributed by atoms with Crippen LogP contribution in [0.5, 0.6) is 11.5 Å². The Balaban J connectivity index is 1.63. The van der Waals surface area contributed by atoms with Gasteiger partial charge in [0, 0.05) is 19.2 Å². The molecule has 198 valence electrons. The monoisotopic (exact) mass is 534 g/mol. The minimum absolute atomic E-state index is 0.00199. The molecule has 1 aliphatic carbocycles. The van der Waals surface area contributed by atoms with Crippen molar-refractivity contribution >= 4 is 38.6 Å². The van der Waals surface area contributed by atoms with E-state index >= 15 is 0 Å². The number of methoxy groups -OCH3 is 1. The van der Waals surface area contributed by atoms with Crippen molar-refractivity contribution in [2.24, 2.45) is 5.41 Å². The number of halogens is 2. The van der Waals surface area contributed by atoms with E-state index in [0.29, 0.717) is 39.9 Å². The maximum Gasteiger partial charge on any atom is 0.304 e. The highest BCUT2D eigenvalue weighted by Gasteiger charge is 2.48. The van der Waals surface area contributed by atoms with Crippen LogP contribution < -0.4 is 14.4 Å². The molecule has 0 spiro atoms. The molecule has 8 nitrogen and oxygen atoms in total. The van der Waals surface area contributed by atoms with Gasteiger partial charge in [-0.15, -0.1) is 0 Å². The number of aromatic nitrogens is 1. The summed E-state index contributed by atoms with van der Waals surface area (Å²) in [5, 5.41) is 9.96. The van der Waals surface area contributed by atoms with Gasteiger partial charge in [0.25, 0.3) is 0 Å². The number of carbonyl (C=O) groups is 2. The van der Waals surface area contributed by atoms with Crippen molar-refractivity contribution in [1.82, 2.24) is 4.98 Å². The third-order valence-corrected chi connectivity index (χ3v) is 7.61. The number of rotatable bonds is 9. The maximum absolute atomic E-state index is 13.8. The predicted molar refractivity (Wildman–Crippen MR) is 136 cm³/mol. The number of thiazole rings is 1. The average Bonchev–Trinajstić information content (AvgIpc) is 3.37. The first-order valence-electron chi connectivity index (χ1n) is 11.7. The smallest absolute Gasteiger partial charge is 0.304 e. The van der Waals surface area contributed by atoms with Crippen molar-refractivity contribution < 1.29 is 37.4 Å². The first-order valence-corrected chi connectivity index (χ1v) is 12.5. The van der Waals surface area contributed by atoms with Gasteiger partial charge in [0.2, 0.25) is 5.91 Å². The van der Waals surface area contributed by atoms with Crippen molar-refractivity contribution in [3.63, 3.8) is 0 Å². The summed E-state index contributed by atoms with van der Waals surface area (Å²) in [6.45, 7) is 1.25. The number of amides is 1. The van der Waals surface area contributed by atoms with E-state index in [1.807, 2.05) is 0 Å². The molecule has 1 aliphatic rings. The quantitative estimate of drug-likeness (QED) is 0.419. The van der Waals surface area contributed by atoms with Gasteiger partial charge in [-0.2, -0.15) is 0 Å². The molecule has 0 unspecified atom stereocenters. The number of carbonyl (C=O) groups excluding carboxylic acids is 1. The molecule has 37 heavy (non-hydrogen) atoms. The van der Waals surface area contributed by atoms with Crippen LogP contribution in [-0.2, 0) is 22.4 Å². The van der Waals surface area contributed by atoms with E-state index in [9.17, 15) is 23.5 Å². The molecule has 0 fully saturated rings. The van der Waals surface area contributed by atoms with Gasteiger partial charge in [0.05, 0.1) is 50.3 Å². The summed E-state index contributed by atoms with van der Waals surface area (Å²) >= 11 is 1.25. The fraction of sp³-hybridized carbons (Fsp3) is 0.423. The number of carboxylic acid groups (broad SMARTS) is 1. The summed E-state index contributed by atoms with van der Waals surface area (Å²) in [7, 11) is 9.27. The normalized spacial score (nSPS) is 14.5.